The van der Waals surface area contributed by atoms with Crippen LogP contribution in [0.1, 0.15) is 23.5 Å². The van der Waals surface area contributed by atoms with Gasteiger partial charge in [0.15, 0.2) is 0 Å². The molecule has 0 aliphatic carbocycles. The fourth-order valence-electron chi connectivity index (χ4n) is 2.05. The summed E-state index contributed by atoms with van der Waals surface area (Å²) in [7, 11) is 0. The SMILES string of the molecule is Cc1cc(OCCC(C#N)c2ccccc2F)ccc1Cl. The van der Waals surface area contributed by atoms with Gasteiger partial charge in [0.1, 0.15) is 11.6 Å². The Labute approximate surface area is 128 Å². The van der Waals surface area contributed by atoms with Crippen LogP contribution < -0.4 is 4.74 Å². The highest BCUT2D eigenvalue weighted by atomic mass is 35.5. The first-order chi connectivity index (χ1) is 10.1. The second kappa shape index (κ2) is 7.10. The van der Waals surface area contributed by atoms with Gasteiger partial charge in [0.25, 0.3) is 0 Å². The van der Waals surface area contributed by atoms with Crippen LogP contribution in [0.15, 0.2) is 42.5 Å². The van der Waals surface area contributed by atoms with Crippen molar-refractivity contribution in [2.75, 3.05) is 6.61 Å². The van der Waals surface area contributed by atoms with Gasteiger partial charge in [0.05, 0.1) is 18.6 Å². The molecule has 1 atom stereocenters. The fraction of sp³-hybridized carbons (Fsp3) is 0.235. The highest BCUT2D eigenvalue weighted by Crippen LogP contribution is 2.24. The molecule has 21 heavy (non-hydrogen) atoms. The second-order valence-corrected chi connectivity index (χ2v) is 5.16. The predicted molar refractivity (Wildman–Crippen MR) is 81.1 cm³/mol. The summed E-state index contributed by atoms with van der Waals surface area (Å²) in [6, 6.07) is 13.8. The lowest BCUT2D eigenvalue weighted by Gasteiger charge is -2.12. The van der Waals surface area contributed by atoms with E-state index >= 15 is 0 Å². The van der Waals surface area contributed by atoms with Gasteiger partial charge in [-0.2, -0.15) is 5.26 Å². The van der Waals surface area contributed by atoms with Gasteiger partial charge >= 0.3 is 0 Å². The zero-order valence-electron chi connectivity index (χ0n) is 11.6. The van der Waals surface area contributed by atoms with Gasteiger partial charge in [-0.05, 0) is 36.8 Å². The summed E-state index contributed by atoms with van der Waals surface area (Å²) < 4.78 is 19.3. The molecule has 0 saturated heterocycles. The van der Waals surface area contributed by atoms with Crippen molar-refractivity contribution in [2.24, 2.45) is 0 Å². The Hall–Kier alpha value is -2.05. The van der Waals surface area contributed by atoms with Crippen molar-refractivity contribution in [3.63, 3.8) is 0 Å². The molecule has 0 aliphatic heterocycles. The summed E-state index contributed by atoms with van der Waals surface area (Å²) in [4.78, 5) is 0. The van der Waals surface area contributed by atoms with Crippen LogP contribution in [0, 0.1) is 24.1 Å². The molecule has 0 heterocycles. The number of aryl methyl sites for hydroxylation is 1. The Bertz CT molecular complexity index is 666. The Kier molecular flexibility index (Phi) is 5.19. The van der Waals surface area contributed by atoms with Crippen LogP contribution in [0.5, 0.6) is 5.75 Å². The maximum Gasteiger partial charge on any atom is 0.127 e. The summed E-state index contributed by atoms with van der Waals surface area (Å²) in [5.74, 6) is -0.173. The van der Waals surface area contributed by atoms with Gasteiger partial charge in [-0.1, -0.05) is 29.8 Å². The van der Waals surface area contributed by atoms with E-state index in [-0.39, 0.29) is 5.82 Å². The van der Waals surface area contributed by atoms with E-state index in [4.69, 9.17) is 16.3 Å². The van der Waals surface area contributed by atoms with Crippen LogP contribution in [0.2, 0.25) is 5.02 Å². The molecular weight excluding hydrogens is 289 g/mol. The molecule has 4 heteroatoms. The molecule has 0 N–H and O–H groups in total. The summed E-state index contributed by atoms with van der Waals surface area (Å²) in [5, 5.41) is 9.88. The molecule has 0 saturated carbocycles. The maximum atomic E-state index is 13.7. The standard InChI is InChI=1S/C17H15ClFNO/c1-12-10-14(6-7-16(12)18)21-9-8-13(11-20)15-4-2-3-5-17(15)19/h2-7,10,13H,8-9H2,1H3. The van der Waals surface area contributed by atoms with Crippen molar-refractivity contribution in [2.45, 2.75) is 19.3 Å². The minimum Gasteiger partial charge on any atom is -0.494 e. The number of nitrogens with zero attached hydrogens (tertiary/aromatic N) is 1. The lowest BCUT2D eigenvalue weighted by molar-refractivity contribution is 0.305. The number of ether oxygens (including phenoxy) is 1. The fourth-order valence-corrected chi connectivity index (χ4v) is 2.17. The quantitative estimate of drug-likeness (QED) is 0.790. The first kappa shape index (κ1) is 15.3. The van der Waals surface area contributed by atoms with E-state index in [0.29, 0.717) is 29.4 Å². The van der Waals surface area contributed by atoms with E-state index in [1.165, 1.54) is 6.07 Å². The van der Waals surface area contributed by atoms with Gasteiger partial charge in [-0.15, -0.1) is 0 Å². The normalized spacial score (nSPS) is 11.7. The zero-order chi connectivity index (χ0) is 15.2. The van der Waals surface area contributed by atoms with Crippen LogP contribution in [-0.2, 0) is 0 Å². The van der Waals surface area contributed by atoms with Crippen LogP contribution >= 0.6 is 11.6 Å². The van der Waals surface area contributed by atoms with Gasteiger partial charge in [0.2, 0.25) is 0 Å². The van der Waals surface area contributed by atoms with E-state index in [1.807, 2.05) is 13.0 Å². The minimum absolute atomic E-state index is 0.341. The van der Waals surface area contributed by atoms with Crippen molar-refractivity contribution in [1.82, 2.24) is 0 Å². The number of nitriles is 1. The number of hydrogen-bond acceptors (Lipinski definition) is 2. The maximum absolute atomic E-state index is 13.7. The average molecular weight is 304 g/mol. The summed E-state index contributed by atoms with van der Waals surface area (Å²) in [5.41, 5.74) is 1.34. The molecule has 0 aliphatic rings. The highest BCUT2D eigenvalue weighted by Gasteiger charge is 2.14. The molecule has 2 aromatic rings. The van der Waals surface area contributed by atoms with Crippen LogP contribution in [0.3, 0.4) is 0 Å². The smallest absolute Gasteiger partial charge is 0.127 e. The number of hydrogen-bond donors (Lipinski definition) is 0. The molecule has 2 aromatic carbocycles. The van der Waals surface area contributed by atoms with Crippen LogP contribution in [0.4, 0.5) is 4.39 Å². The average Bonchev–Trinajstić information content (AvgIpc) is 2.48. The van der Waals surface area contributed by atoms with Crippen LogP contribution in [0.25, 0.3) is 0 Å². The molecule has 1 unspecified atom stereocenters. The minimum atomic E-state index is -0.514. The third-order valence-corrected chi connectivity index (χ3v) is 3.67. The molecule has 0 bridgehead atoms. The summed E-state index contributed by atoms with van der Waals surface area (Å²) >= 11 is 5.94. The Morgan fingerprint density at radius 1 is 1.29 bits per heavy atom. The van der Waals surface area contributed by atoms with Crippen molar-refractivity contribution < 1.29 is 9.13 Å². The van der Waals surface area contributed by atoms with Crippen molar-refractivity contribution in [1.29, 1.82) is 5.26 Å². The molecular formula is C17H15ClFNO. The zero-order valence-corrected chi connectivity index (χ0v) is 12.4. The van der Waals surface area contributed by atoms with E-state index in [2.05, 4.69) is 6.07 Å². The molecule has 0 spiro atoms. The topological polar surface area (TPSA) is 33.0 Å². The molecule has 108 valence electrons. The second-order valence-electron chi connectivity index (χ2n) is 4.75. The molecule has 0 radical (unpaired) electrons. The third kappa shape index (κ3) is 3.96. The Morgan fingerprint density at radius 2 is 2.05 bits per heavy atom. The van der Waals surface area contributed by atoms with Crippen molar-refractivity contribution in [3.05, 3.63) is 64.4 Å². The monoisotopic (exact) mass is 303 g/mol. The first-order valence-electron chi connectivity index (χ1n) is 6.65. The first-order valence-corrected chi connectivity index (χ1v) is 7.02. The lowest BCUT2D eigenvalue weighted by Crippen LogP contribution is -2.06. The molecule has 0 amide bonds. The van der Waals surface area contributed by atoms with E-state index in [1.54, 1.807) is 30.3 Å². The molecule has 0 fully saturated rings. The molecule has 0 aromatic heterocycles. The van der Waals surface area contributed by atoms with Gasteiger partial charge in [-0.3, -0.25) is 0 Å². The highest BCUT2D eigenvalue weighted by molar-refractivity contribution is 6.31. The van der Waals surface area contributed by atoms with Crippen molar-refractivity contribution in [3.8, 4) is 11.8 Å². The largest absolute Gasteiger partial charge is 0.494 e. The number of halogens is 2. The number of rotatable bonds is 5. The summed E-state index contributed by atoms with van der Waals surface area (Å²) in [6.45, 7) is 2.24. The van der Waals surface area contributed by atoms with Gasteiger partial charge < -0.3 is 4.74 Å². The Balaban J connectivity index is 1.97. The van der Waals surface area contributed by atoms with E-state index in [0.717, 1.165) is 5.56 Å². The third-order valence-electron chi connectivity index (χ3n) is 3.24. The molecule has 2 rings (SSSR count). The van der Waals surface area contributed by atoms with Gasteiger partial charge in [-0.25, -0.2) is 4.39 Å². The van der Waals surface area contributed by atoms with Gasteiger partial charge in [0, 0.05) is 17.0 Å². The Morgan fingerprint density at radius 3 is 2.71 bits per heavy atom. The van der Waals surface area contributed by atoms with E-state index in [9.17, 15) is 9.65 Å². The predicted octanol–water partition coefficient (Wildman–Crippen LogP) is 4.86. The number of benzene rings is 2. The molecule has 2 nitrogen and oxygen atoms in total. The van der Waals surface area contributed by atoms with E-state index < -0.39 is 5.92 Å². The lowest BCUT2D eigenvalue weighted by atomic mass is 9.97. The van der Waals surface area contributed by atoms with Crippen LogP contribution in [-0.4, -0.2) is 6.61 Å². The summed E-state index contributed by atoms with van der Waals surface area (Å²) in [6.07, 6.45) is 0.430. The van der Waals surface area contributed by atoms with Crippen molar-refractivity contribution >= 4 is 11.6 Å².